The van der Waals surface area contributed by atoms with Gasteiger partial charge in [-0.15, -0.1) is 0 Å². The number of nitrogens with zero attached hydrogens (tertiary/aromatic N) is 1. The minimum Gasteiger partial charge on any atom is -0.207 e. The van der Waals surface area contributed by atoms with Crippen LogP contribution in [0.1, 0.15) is 13.3 Å². The summed E-state index contributed by atoms with van der Waals surface area (Å²) >= 11 is 8.93. The maximum absolute atomic E-state index is 11.9. The van der Waals surface area contributed by atoms with Crippen LogP contribution in [0.4, 0.5) is 0 Å². The van der Waals surface area contributed by atoms with Gasteiger partial charge >= 0.3 is 0 Å². The van der Waals surface area contributed by atoms with Crippen molar-refractivity contribution in [3.05, 3.63) is 27.7 Å². The first kappa shape index (κ1) is 14.5. The number of hydrogen-bond acceptors (Lipinski definition) is 3. The van der Waals surface area contributed by atoms with E-state index < -0.39 is 16.1 Å². The largest absolute Gasteiger partial charge is 0.241 e. The number of hydrogen-bond donors (Lipinski definition) is 1. The number of benzene rings is 1. The van der Waals surface area contributed by atoms with E-state index in [1.807, 2.05) is 6.07 Å². The van der Waals surface area contributed by atoms with Gasteiger partial charge in [0.1, 0.15) is 6.04 Å². The van der Waals surface area contributed by atoms with E-state index in [4.69, 9.17) is 16.9 Å². The Kier molecular flexibility index (Phi) is 4.95. The fourth-order valence-electron chi connectivity index (χ4n) is 1.10. The molecule has 0 spiro atoms. The molecular formula is C10H10BrClN2O2S. The molecule has 0 heterocycles. The van der Waals surface area contributed by atoms with Crippen LogP contribution in [0.5, 0.6) is 0 Å². The molecule has 1 aromatic carbocycles. The molecule has 0 aliphatic carbocycles. The van der Waals surface area contributed by atoms with E-state index in [1.165, 1.54) is 18.2 Å². The van der Waals surface area contributed by atoms with Gasteiger partial charge in [-0.25, -0.2) is 8.42 Å². The normalized spacial score (nSPS) is 13.1. The molecule has 0 bridgehead atoms. The molecule has 0 aliphatic heterocycles. The molecule has 1 unspecified atom stereocenters. The van der Waals surface area contributed by atoms with Crippen LogP contribution in [-0.2, 0) is 10.0 Å². The van der Waals surface area contributed by atoms with Gasteiger partial charge in [-0.05, 0) is 40.5 Å². The summed E-state index contributed by atoms with van der Waals surface area (Å²) in [5.41, 5.74) is 0. The van der Waals surface area contributed by atoms with Crippen molar-refractivity contribution in [2.24, 2.45) is 0 Å². The van der Waals surface area contributed by atoms with Gasteiger partial charge < -0.3 is 0 Å². The van der Waals surface area contributed by atoms with E-state index in [2.05, 4.69) is 20.7 Å². The zero-order chi connectivity index (χ0) is 13.1. The molecule has 1 N–H and O–H groups in total. The predicted molar refractivity (Wildman–Crippen MR) is 69.2 cm³/mol. The monoisotopic (exact) mass is 336 g/mol. The molecule has 92 valence electrons. The molecule has 0 amide bonds. The first-order chi connectivity index (χ1) is 7.90. The van der Waals surface area contributed by atoms with Crippen LogP contribution in [0.2, 0.25) is 5.02 Å². The molecule has 1 atom stereocenters. The van der Waals surface area contributed by atoms with Crippen molar-refractivity contribution in [2.45, 2.75) is 24.3 Å². The molecule has 1 aromatic rings. The number of halogens is 2. The smallest absolute Gasteiger partial charge is 0.207 e. The fraction of sp³-hybridized carbons (Fsp3) is 0.300. The number of sulfonamides is 1. The van der Waals surface area contributed by atoms with E-state index in [0.717, 1.165) is 0 Å². The third-order valence-electron chi connectivity index (χ3n) is 2.06. The number of rotatable bonds is 4. The highest BCUT2D eigenvalue weighted by atomic mass is 79.9. The topological polar surface area (TPSA) is 70.0 Å². The van der Waals surface area contributed by atoms with Gasteiger partial charge in [0.25, 0.3) is 0 Å². The number of nitriles is 1. The molecule has 17 heavy (non-hydrogen) atoms. The summed E-state index contributed by atoms with van der Waals surface area (Å²) in [5.74, 6) is 0. The standard InChI is InChI=1S/C10H10BrClN2O2S/c1-2-7(6-13)14-17(15,16)8-3-4-10(12)9(11)5-8/h3-5,7,14H,2H2,1H3. The Morgan fingerprint density at radius 3 is 2.71 bits per heavy atom. The van der Waals surface area contributed by atoms with Crippen LogP contribution in [0.15, 0.2) is 27.6 Å². The van der Waals surface area contributed by atoms with Gasteiger partial charge in [0, 0.05) is 4.47 Å². The molecule has 1 rings (SSSR count). The number of nitrogens with one attached hydrogen (secondary N) is 1. The Hall–Kier alpha value is -0.610. The lowest BCUT2D eigenvalue weighted by Crippen LogP contribution is -2.33. The molecule has 0 aliphatic rings. The summed E-state index contributed by atoms with van der Waals surface area (Å²) in [4.78, 5) is 0.0717. The molecule has 4 nitrogen and oxygen atoms in total. The molecular weight excluding hydrogens is 328 g/mol. The van der Waals surface area contributed by atoms with E-state index in [0.29, 0.717) is 15.9 Å². The zero-order valence-corrected chi connectivity index (χ0v) is 12.1. The first-order valence-electron chi connectivity index (χ1n) is 4.77. The van der Waals surface area contributed by atoms with Crippen molar-refractivity contribution in [1.82, 2.24) is 4.72 Å². The minimum absolute atomic E-state index is 0.0717. The van der Waals surface area contributed by atoms with E-state index in [-0.39, 0.29) is 4.90 Å². The van der Waals surface area contributed by atoms with E-state index in [1.54, 1.807) is 6.92 Å². The molecule has 0 aromatic heterocycles. The van der Waals surface area contributed by atoms with Crippen LogP contribution in [0.3, 0.4) is 0 Å². The van der Waals surface area contributed by atoms with Gasteiger partial charge in [0.15, 0.2) is 0 Å². The van der Waals surface area contributed by atoms with Crippen molar-refractivity contribution in [2.75, 3.05) is 0 Å². The average molecular weight is 338 g/mol. The fourth-order valence-corrected chi connectivity index (χ4v) is 3.00. The SMILES string of the molecule is CCC(C#N)NS(=O)(=O)c1ccc(Cl)c(Br)c1. The average Bonchev–Trinajstić information content (AvgIpc) is 2.29. The summed E-state index contributed by atoms with van der Waals surface area (Å²) in [6.45, 7) is 1.73. The van der Waals surface area contributed by atoms with E-state index in [9.17, 15) is 8.42 Å². The maximum Gasteiger partial charge on any atom is 0.241 e. The van der Waals surface area contributed by atoms with Crippen molar-refractivity contribution in [3.63, 3.8) is 0 Å². The van der Waals surface area contributed by atoms with Crippen LogP contribution in [0.25, 0.3) is 0 Å². The summed E-state index contributed by atoms with van der Waals surface area (Å²) in [7, 11) is -3.68. The molecule has 0 radical (unpaired) electrons. The Morgan fingerprint density at radius 2 is 2.24 bits per heavy atom. The molecule has 0 fully saturated rings. The Morgan fingerprint density at radius 1 is 1.59 bits per heavy atom. The second kappa shape index (κ2) is 5.83. The molecule has 0 saturated heterocycles. The van der Waals surface area contributed by atoms with Gasteiger partial charge in [-0.3, -0.25) is 0 Å². The van der Waals surface area contributed by atoms with Crippen LogP contribution in [-0.4, -0.2) is 14.5 Å². The van der Waals surface area contributed by atoms with Crippen molar-refractivity contribution >= 4 is 37.6 Å². The van der Waals surface area contributed by atoms with Crippen molar-refractivity contribution in [1.29, 1.82) is 5.26 Å². The van der Waals surface area contributed by atoms with E-state index >= 15 is 0 Å². The highest BCUT2D eigenvalue weighted by Crippen LogP contribution is 2.25. The quantitative estimate of drug-likeness (QED) is 0.918. The van der Waals surface area contributed by atoms with Gasteiger partial charge in [-0.2, -0.15) is 9.98 Å². The molecule has 7 heteroatoms. The Bertz CT molecular complexity index is 554. The van der Waals surface area contributed by atoms with Crippen LogP contribution >= 0.6 is 27.5 Å². The van der Waals surface area contributed by atoms with Gasteiger partial charge in [0.05, 0.1) is 16.0 Å². The summed E-state index contributed by atoms with van der Waals surface area (Å²) in [6, 6.07) is 5.41. The molecule has 0 saturated carbocycles. The summed E-state index contributed by atoms with van der Waals surface area (Å²) < 4.78 is 26.6. The summed E-state index contributed by atoms with van der Waals surface area (Å²) in [5, 5.41) is 9.15. The lowest BCUT2D eigenvalue weighted by Gasteiger charge is -2.10. The third-order valence-corrected chi connectivity index (χ3v) is 4.75. The van der Waals surface area contributed by atoms with Crippen molar-refractivity contribution in [3.8, 4) is 6.07 Å². The Balaban J connectivity index is 3.06. The van der Waals surface area contributed by atoms with Crippen LogP contribution < -0.4 is 4.72 Å². The third kappa shape index (κ3) is 3.68. The Labute approximate surface area is 114 Å². The first-order valence-corrected chi connectivity index (χ1v) is 7.43. The second-order valence-electron chi connectivity index (χ2n) is 3.29. The highest BCUT2D eigenvalue weighted by Gasteiger charge is 2.19. The zero-order valence-electron chi connectivity index (χ0n) is 8.94. The van der Waals surface area contributed by atoms with Crippen molar-refractivity contribution < 1.29 is 8.42 Å². The lowest BCUT2D eigenvalue weighted by molar-refractivity contribution is 0.569. The lowest BCUT2D eigenvalue weighted by atomic mass is 10.3. The second-order valence-corrected chi connectivity index (χ2v) is 6.26. The maximum atomic E-state index is 11.9. The van der Waals surface area contributed by atoms with Gasteiger partial charge in [-0.1, -0.05) is 18.5 Å². The minimum atomic E-state index is -3.68. The summed E-state index contributed by atoms with van der Waals surface area (Å²) in [6.07, 6.45) is 0.407. The highest BCUT2D eigenvalue weighted by molar-refractivity contribution is 9.10. The van der Waals surface area contributed by atoms with Gasteiger partial charge in [0.2, 0.25) is 10.0 Å². The van der Waals surface area contributed by atoms with Crippen LogP contribution in [0, 0.1) is 11.3 Å². The predicted octanol–water partition coefficient (Wildman–Crippen LogP) is 2.68.